The number of thioether (sulfide) groups is 1. The molecule has 1 N–H and O–H groups in total. The van der Waals surface area contributed by atoms with Crippen molar-refractivity contribution in [1.82, 2.24) is 10.2 Å². The van der Waals surface area contributed by atoms with Gasteiger partial charge in [0.2, 0.25) is 5.91 Å². The van der Waals surface area contributed by atoms with Crippen molar-refractivity contribution in [3.8, 4) is 0 Å². The van der Waals surface area contributed by atoms with E-state index in [0.29, 0.717) is 12.5 Å². The van der Waals surface area contributed by atoms with Crippen molar-refractivity contribution in [3.63, 3.8) is 0 Å². The maximum absolute atomic E-state index is 11.6. The highest BCUT2D eigenvalue weighted by Crippen LogP contribution is 2.09. The van der Waals surface area contributed by atoms with Crippen LogP contribution in [0.2, 0.25) is 0 Å². The summed E-state index contributed by atoms with van der Waals surface area (Å²) in [4.78, 5) is 13.7. The van der Waals surface area contributed by atoms with E-state index in [1.165, 1.54) is 17.9 Å². The number of rotatable bonds is 15. The fraction of sp³-hybridized carbons (Fsp3) is 0.941. The molecule has 0 aromatic rings. The summed E-state index contributed by atoms with van der Waals surface area (Å²) in [5.74, 6) is 2.59. The van der Waals surface area contributed by atoms with Crippen LogP contribution in [0.4, 0.5) is 0 Å². The molecule has 0 heterocycles. The Morgan fingerprint density at radius 1 is 1.09 bits per heavy atom. The summed E-state index contributed by atoms with van der Waals surface area (Å²) in [6.07, 6.45) is 6.56. The Bertz CT molecular complexity index is 261. The van der Waals surface area contributed by atoms with Crippen LogP contribution in [-0.4, -0.2) is 62.2 Å². The van der Waals surface area contributed by atoms with Crippen LogP contribution in [0.15, 0.2) is 0 Å². The average molecular weight is 333 g/mol. The Labute approximate surface area is 141 Å². The molecule has 0 bridgehead atoms. The van der Waals surface area contributed by atoms with Gasteiger partial charge in [-0.25, -0.2) is 0 Å². The zero-order valence-corrected chi connectivity index (χ0v) is 15.8. The molecule has 0 aromatic carbocycles. The lowest BCUT2D eigenvalue weighted by Gasteiger charge is -2.09. The van der Waals surface area contributed by atoms with Crippen LogP contribution in [0, 0.1) is 0 Å². The van der Waals surface area contributed by atoms with Gasteiger partial charge in [0.05, 0.1) is 6.10 Å². The number of amides is 1. The molecule has 0 fully saturated rings. The van der Waals surface area contributed by atoms with Gasteiger partial charge in [-0.2, -0.15) is 11.8 Å². The molecule has 0 unspecified atom stereocenters. The van der Waals surface area contributed by atoms with E-state index >= 15 is 0 Å². The second kappa shape index (κ2) is 15.6. The van der Waals surface area contributed by atoms with Crippen molar-refractivity contribution in [1.29, 1.82) is 0 Å². The minimum atomic E-state index is 0.206. The standard InChI is InChI=1S/C17H36N2O2S/c1-16(2)21-13-9-15-22-14-7-5-6-10-17(20)18-11-8-12-19(3)4/h16H,5-15H2,1-4H3,(H,18,20). The van der Waals surface area contributed by atoms with Crippen molar-refractivity contribution in [2.75, 3.05) is 45.3 Å². The van der Waals surface area contributed by atoms with E-state index in [4.69, 9.17) is 4.74 Å². The molecular weight excluding hydrogens is 296 g/mol. The lowest BCUT2D eigenvalue weighted by molar-refractivity contribution is -0.121. The van der Waals surface area contributed by atoms with E-state index in [1.807, 2.05) is 11.8 Å². The van der Waals surface area contributed by atoms with Crippen LogP contribution < -0.4 is 5.32 Å². The van der Waals surface area contributed by atoms with Gasteiger partial charge in [0.1, 0.15) is 0 Å². The zero-order valence-electron chi connectivity index (χ0n) is 15.0. The predicted octanol–water partition coefficient (Wildman–Crippen LogP) is 3.16. The number of hydrogen-bond donors (Lipinski definition) is 1. The molecule has 0 aliphatic rings. The molecule has 0 aromatic heterocycles. The normalized spacial score (nSPS) is 11.4. The summed E-state index contributed by atoms with van der Waals surface area (Å²) in [5.41, 5.74) is 0. The van der Waals surface area contributed by atoms with Crippen LogP contribution in [0.3, 0.4) is 0 Å². The van der Waals surface area contributed by atoms with Gasteiger partial charge in [-0.05, 0) is 71.7 Å². The van der Waals surface area contributed by atoms with Crippen LogP contribution in [0.25, 0.3) is 0 Å². The number of unbranched alkanes of at least 4 members (excludes halogenated alkanes) is 2. The molecule has 0 saturated carbocycles. The summed E-state index contributed by atoms with van der Waals surface area (Å²) in [7, 11) is 4.11. The number of hydrogen-bond acceptors (Lipinski definition) is 4. The summed E-state index contributed by atoms with van der Waals surface area (Å²) in [6, 6.07) is 0. The molecule has 4 nitrogen and oxygen atoms in total. The Balaban J connectivity index is 3.17. The molecule has 0 aliphatic carbocycles. The highest BCUT2D eigenvalue weighted by Gasteiger charge is 2.01. The van der Waals surface area contributed by atoms with E-state index in [2.05, 4.69) is 38.2 Å². The van der Waals surface area contributed by atoms with Crippen molar-refractivity contribution < 1.29 is 9.53 Å². The minimum Gasteiger partial charge on any atom is -0.379 e. The summed E-state index contributed by atoms with van der Waals surface area (Å²) in [6.45, 7) is 6.85. The van der Waals surface area contributed by atoms with Gasteiger partial charge in [0, 0.05) is 19.6 Å². The van der Waals surface area contributed by atoms with Gasteiger partial charge in [-0.3, -0.25) is 4.79 Å². The minimum absolute atomic E-state index is 0.206. The summed E-state index contributed by atoms with van der Waals surface area (Å²) < 4.78 is 5.51. The van der Waals surface area contributed by atoms with Crippen molar-refractivity contribution in [2.45, 2.75) is 58.5 Å². The van der Waals surface area contributed by atoms with Gasteiger partial charge >= 0.3 is 0 Å². The molecule has 0 aliphatic heterocycles. The van der Waals surface area contributed by atoms with Gasteiger partial charge < -0.3 is 15.0 Å². The molecule has 0 rings (SSSR count). The highest BCUT2D eigenvalue weighted by atomic mass is 32.2. The predicted molar refractivity (Wildman–Crippen MR) is 97.7 cm³/mol. The Morgan fingerprint density at radius 2 is 1.82 bits per heavy atom. The average Bonchev–Trinajstić information content (AvgIpc) is 2.45. The number of carbonyl (C=O) groups excluding carboxylic acids is 1. The van der Waals surface area contributed by atoms with E-state index in [9.17, 15) is 4.79 Å². The second-order valence-corrected chi connectivity index (χ2v) is 7.43. The highest BCUT2D eigenvalue weighted by molar-refractivity contribution is 7.99. The number of ether oxygens (including phenoxy) is 1. The second-order valence-electron chi connectivity index (χ2n) is 6.20. The van der Waals surface area contributed by atoms with Crippen molar-refractivity contribution in [2.24, 2.45) is 0 Å². The Kier molecular flexibility index (Phi) is 15.4. The SMILES string of the molecule is CC(C)OCCCSCCCCCC(=O)NCCCN(C)C. The first-order valence-corrected chi connectivity index (χ1v) is 9.78. The fourth-order valence-electron chi connectivity index (χ4n) is 1.96. The lowest BCUT2D eigenvalue weighted by atomic mass is 10.2. The third-order valence-electron chi connectivity index (χ3n) is 3.18. The third kappa shape index (κ3) is 17.8. The number of carbonyl (C=O) groups is 1. The zero-order chi connectivity index (χ0) is 16.6. The lowest BCUT2D eigenvalue weighted by Crippen LogP contribution is -2.26. The maximum atomic E-state index is 11.6. The number of nitrogens with one attached hydrogen (secondary N) is 1. The van der Waals surface area contributed by atoms with Crippen LogP contribution in [-0.2, 0) is 9.53 Å². The van der Waals surface area contributed by atoms with Crippen LogP contribution in [0.1, 0.15) is 52.4 Å². The van der Waals surface area contributed by atoms with E-state index in [-0.39, 0.29) is 5.91 Å². The van der Waals surface area contributed by atoms with Crippen molar-refractivity contribution >= 4 is 17.7 Å². The van der Waals surface area contributed by atoms with Crippen molar-refractivity contribution in [3.05, 3.63) is 0 Å². The van der Waals surface area contributed by atoms with Crippen LogP contribution >= 0.6 is 11.8 Å². The molecule has 132 valence electrons. The summed E-state index contributed by atoms with van der Waals surface area (Å²) in [5, 5.41) is 2.99. The third-order valence-corrected chi connectivity index (χ3v) is 4.34. The largest absolute Gasteiger partial charge is 0.379 e. The quantitative estimate of drug-likeness (QED) is 0.468. The van der Waals surface area contributed by atoms with Gasteiger partial charge in [-0.15, -0.1) is 0 Å². The number of nitrogens with zero attached hydrogens (tertiary/aromatic N) is 1. The maximum Gasteiger partial charge on any atom is 0.219 e. The van der Waals surface area contributed by atoms with E-state index in [1.54, 1.807) is 0 Å². The molecule has 22 heavy (non-hydrogen) atoms. The molecule has 0 atom stereocenters. The Morgan fingerprint density at radius 3 is 2.50 bits per heavy atom. The van der Waals surface area contributed by atoms with Crippen LogP contribution in [0.5, 0.6) is 0 Å². The monoisotopic (exact) mass is 332 g/mol. The van der Waals surface area contributed by atoms with Gasteiger partial charge in [0.25, 0.3) is 0 Å². The first kappa shape index (κ1) is 21.7. The fourth-order valence-corrected chi connectivity index (χ4v) is 2.89. The molecule has 1 amide bonds. The van der Waals surface area contributed by atoms with Gasteiger partial charge in [-0.1, -0.05) is 6.42 Å². The van der Waals surface area contributed by atoms with E-state index in [0.717, 1.165) is 45.4 Å². The molecule has 5 heteroatoms. The summed E-state index contributed by atoms with van der Waals surface area (Å²) >= 11 is 2.00. The molecular formula is C17H36N2O2S. The topological polar surface area (TPSA) is 41.6 Å². The Hall–Kier alpha value is -0.260. The van der Waals surface area contributed by atoms with Gasteiger partial charge in [0.15, 0.2) is 0 Å². The first-order valence-electron chi connectivity index (χ1n) is 8.63. The molecule has 0 radical (unpaired) electrons. The van der Waals surface area contributed by atoms with E-state index < -0.39 is 0 Å². The molecule has 0 saturated heterocycles. The molecule has 0 spiro atoms. The first-order chi connectivity index (χ1) is 10.5. The smallest absolute Gasteiger partial charge is 0.219 e.